The number of amides is 2. The lowest BCUT2D eigenvalue weighted by molar-refractivity contribution is -0.113. The molecule has 0 bridgehead atoms. The van der Waals surface area contributed by atoms with Crippen LogP contribution in [0, 0.1) is 0 Å². The van der Waals surface area contributed by atoms with E-state index in [9.17, 15) is 14.4 Å². The number of rotatable bonds is 6. The van der Waals surface area contributed by atoms with E-state index in [0.29, 0.717) is 31.8 Å². The van der Waals surface area contributed by atoms with Crippen LogP contribution in [0.5, 0.6) is 0 Å². The van der Waals surface area contributed by atoms with Crippen LogP contribution in [0.4, 0.5) is 16.2 Å². The van der Waals surface area contributed by atoms with Crippen LogP contribution in [-0.2, 0) is 16.1 Å². The molecule has 0 saturated carbocycles. The van der Waals surface area contributed by atoms with E-state index in [0.717, 1.165) is 39.4 Å². The largest absolute Gasteiger partial charge is 0.444 e. The molecule has 0 spiro atoms. The Hall–Kier alpha value is -3.37. The quantitative estimate of drug-likeness (QED) is 0.526. The minimum Gasteiger partial charge on any atom is -0.444 e. The first kappa shape index (κ1) is 21.2. The SMILES string of the molecule is O=C1CSc2ccc(N3C[C@H](CCNCC4Cn5c(=O)cnc6cccc4c65)OC3=O)cc2N1. The Bertz CT molecular complexity index is 1370. The zero-order valence-electron chi connectivity index (χ0n) is 18.3. The molecule has 2 aromatic carbocycles. The van der Waals surface area contributed by atoms with Gasteiger partial charge >= 0.3 is 6.09 Å². The van der Waals surface area contributed by atoms with Crippen LogP contribution in [0.25, 0.3) is 11.0 Å². The molecule has 1 unspecified atom stereocenters. The molecule has 0 aliphatic carbocycles. The maximum atomic E-state index is 12.5. The average Bonchev–Trinajstić information content (AvgIpc) is 3.40. The summed E-state index contributed by atoms with van der Waals surface area (Å²) < 4.78 is 7.39. The molecule has 10 heteroatoms. The number of fused-ring (bicyclic) bond motifs is 1. The zero-order chi connectivity index (χ0) is 23.2. The first-order valence-corrected chi connectivity index (χ1v) is 12.3. The van der Waals surface area contributed by atoms with Crippen molar-refractivity contribution in [2.24, 2.45) is 0 Å². The molecule has 2 amide bonds. The number of hydrogen-bond acceptors (Lipinski definition) is 7. The molecule has 9 nitrogen and oxygen atoms in total. The fourth-order valence-corrected chi connectivity index (χ4v) is 5.71. The van der Waals surface area contributed by atoms with Gasteiger partial charge in [0.05, 0.1) is 35.2 Å². The summed E-state index contributed by atoms with van der Waals surface area (Å²) in [7, 11) is 0. The highest BCUT2D eigenvalue weighted by Crippen LogP contribution is 2.36. The molecule has 2 N–H and O–H groups in total. The Morgan fingerprint density at radius 3 is 3.00 bits per heavy atom. The lowest BCUT2D eigenvalue weighted by Gasteiger charge is -2.20. The first-order valence-electron chi connectivity index (χ1n) is 11.3. The first-order chi connectivity index (χ1) is 16.6. The number of benzene rings is 2. The van der Waals surface area contributed by atoms with Gasteiger partial charge in [0.2, 0.25) is 5.91 Å². The molecule has 3 aliphatic heterocycles. The molecule has 3 aromatic rings. The summed E-state index contributed by atoms with van der Waals surface area (Å²) in [4.78, 5) is 43.3. The summed E-state index contributed by atoms with van der Waals surface area (Å²) in [5.74, 6) is 0.570. The van der Waals surface area contributed by atoms with Crippen molar-refractivity contribution in [3.05, 3.63) is 58.5 Å². The highest BCUT2D eigenvalue weighted by atomic mass is 32.2. The molecule has 34 heavy (non-hydrogen) atoms. The van der Waals surface area contributed by atoms with Crippen LogP contribution in [0.2, 0.25) is 0 Å². The molecular weight excluding hydrogens is 454 g/mol. The van der Waals surface area contributed by atoms with E-state index in [1.807, 2.05) is 30.3 Å². The minimum atomic E-state index is -0.371. The summed E-state index contributed by atoms with van der Waals surface area (Å²) in [6.45, 7) is 2.53. The number of cyclic esters (lactones) is 1. The van der Waals surface area contributed by atoms with Crippen LogP contribution in [0.1, 0.15) is 17.9 Å². The second-order valence-electron chi connectivity index (χ2n) is 8.75. The second kappa shape index (κ2) is 8.44. The molecule has 3 aliphatic rings. The van der Waals surface area contributed by atoms with Gasteiger partial charge < -0.3 is 19.9 Å². The van der Waals surface area contributed by atoms with Crippen molar-refractivity contribution in [1.82, 2.24) is 14.9 Å². The van der Waals surface area contributed by atoms with Gasteiger partial charge in [-0.1, -0.05) is 12.1 Å². The van der Waals surface area contributed by atoms with Gasteiger partial charge in [-0.3, -0.25) is 14.5 Å². The highest BCUT2D eigenvalue weighted by Gasteiger charge is 2.33. The lowest BCUT2D eigenvalue weighted by atomic mass is 10.0. The van der Waals surface area contributed by atoms with Gasteiger partial charge in [-0.2, -0.15) is 0 Å². The van der Waals surface area contributed by atoms with Crippen molar-refractivity contribution in [2.75, 3.05) is 35.6 Å². The minimum absolute atomic E-state index is 0.0367. The molecule has 2 atom stereocenters. The van der Waals surface area contributed by atoms with E-state index in [1.165, 1.54) is 18.0 Å². The lowest BCUT2D eigenvalue weighted by Crippen LogP contribution is -2.28. The van der Waals surface area contributed by atoms with Crippen LogP contribution in [0.15, 0.2) is 52.3 Å². The summed E-state index contributed by atoms with van der Waals surface area (Å²) in [5.41, 5.74) is 4.31. The maximum absolute atomic E-state index is 12.5. The van der Waals surface area contributed by atoms with Crippen molar-refractivity contribution in [2.45, 2.75) is 29.9 Å². The molecule has 6 rings (SSSR count). The molecular formula is C24H23N5O4S. The summed E-state index contributed by atoms with van der Waals surface area (Å²) in [6.07, 6.45) is 1.49. The fraction of sp³-hybridized carbons (Fsp3) is 0.333. The number of thioether (sulfide) groups is 1. The summed E-state index contributed by atoms with van der Waals surface area (Å²) in [5, 5.41) is 6.33. The highest BCUT2D eigenvalue weighted by molar-refractivity contribution is 8.00. The van der Waals surface area contributed by atoms with Gasteiger partial charge in [0.1, 0.15) is 6.10 Å². The second-order valence-corrected chi connectivity index (χ2v) is 9.76. The van der Waals surface area contributed by atoms with Gasteiger partial charge in [0.15, 0.2) is 0 Å². The molecule has 4 heterocycles. The molecule has 1 saturated heterocycles. The van der Waals surface area contributed by atoms with Crippen molar-refractivity contribution < 1.29 is 14.3 Å². The standard InChI is InChI=1S/C24H23N5O4S/c30-21-13-34-20-5-4-15(8-19(20)27-21)28-12-16(33-24(28)32)6-7-25-9-14-11-29-22(31)10-26-18-3-1-2-17(14)23(18)29/h1-5,8,10,14,16,25H,6-7,9,11-13H2,(H,27,30)/t14?,16-/m0/s1. The summed E-state index contributed by atoms with van der Waals surface area (Å²) in [6, 6.07) is 11.6. The van der Waals surface area contributed by atoms with E-state index < -0.39 is 0 Å². The van der Waals surface area contributed by atoms with E-state index in [-0.39, 0.29) is 29.6 Å². The number of ether oxygens (including phenoxy) is 1. The number of hydrogen-bond donors (Lipinski definition) is 2. The zero-order valence-corrected chi connectivity index (χ0v) is 19.1. The molecule has 0 radical (unpaired) electrons. The Labute approximate surface area is 199 Å². The Morgan fingerprint density at radius 2 is 2.09 bits per heavy atom. The monoisotopic (exact) mass is 477 g/mol. The number of anilines is 2. The third kappa shape index (κ3) is 3.72. The van der Waals surface area contributed by atoms with E-state index >= 15 is 0 Å². The third-order valence-corrected chi connectivity index (χ3v) is 7.63. The number of aromatic nitrogens is 2. The van der Waals surface area contributed by atoms with Crippen LogP contribution < -0.4 is 21.1 Å². The number of carbonyl (C=O) groups is 2. The number of nitrogens with zero attached hydrogens (tertiary/aromatic N) is 3. The van der Waals surface area contributed by atoms with Crippen molar-refractivity contribution in [3.63, 3.8) is 0 Å². The topological polar surface area (TPSA) is 106 Å². The van der Waals surface area contributed by atoms with E-state index in [1.54, 1.807) is 9.47 Å². The Kier molecular flexibility index (Phi) is 5.26. The molecule has 1 fully saturated rings. The predicted octanol–water partition coefficient (Wildman–Crippen LogP) is 2.54. The molecule has 174 valence electrons. The Balaban J connectivity index is 1.05. The van der Waals surface area contributed by atoms with Crippen LogP contribution in [-0.4, -0.2) is 53.0 Å². The van der Waals surface area contributed by atoms with Gasteiger partial charge in [-0.25, -0.2) is 9.78 Å². The van der Waals surface area contributed by atoms with E-state index in [2.05, 4.69) is 21.7 Å². The van der Waals surface area contributed by atoms with Crippen molar-refractivity contribution in [1.29, 1.82) is 0 Å². The van der Waals surface area contributed by atoms with Gasteiger partial charge in [0.25, 0.3) is 5.56 Å². The van der Waals surface area contributed by atoms with Crippen molar-refractivity contribution in [3.8, 4) is 0 Å². The average molecular weight is 478 g/mol. The summed E-state index contributed by atoms with van der Waals surface area (Å²) >= 11 is 1.49. The van der Waals surface area contributed by atoms with Gasteiger partial charge in [-0.15, -0.1) is 11.8 Å². The van der Waals surface area contributed by atoms with E-state index in [4.69, 9.17) is 4.74 Å². The Morgan fingerprint density at radius 1 is 1.18 bits per heavy atom. The van der Waals surface area contributed by atoms with Crippen molar-refractivity contribution >= 4 is 46.2 Å². The normalized spacial score (nSPS) is 21.0. The maximum Gasteiger partial charge on any atom is 0.414 e. The van der Waals surface area contributed by atoms with Gasteiger partial charge in [-0.05, 0) is 42.8 Å². The molecule has 1 aromatic heterocycles. The van der Waals surface area contributed by atoms with Crippen LogP contribution in [0.3, 0.4) is 0 Å². The smallest absolute Gasteiger partial charge is 0.414 e. The number of nitrogens with one attached hydrogen (secondary N) is 2. The van der Waals surface area contributed by atoms with Crippen LogP contribution >= 0.6 is 11.8 Å². The number of carbonyl (C=O) groups excluding carboxylic acids is 2. The number of para-hydroxylation sites is 1. The predicted molar refractivity (Wildman–Crippen MR) is 130 cm³/mol. The fourth-order valence-electron chi connectivity index (χ4n) is 4.92. The van der Waals surface area contributed by atoms with Gasteiger partial charge in [0, 0.05) is 29.6 Å². The third-order valence-electron chi connectivity index (χ3n) is 6.55.